The van der Waals surface area contributed by atoms with Crippen molar-refractivity contribution in [2.45, 2.75) is 44.7 Å². The van der Waals surface area contributed by atoms with E-state index in [1.54, 1.807) is 15.8 Å². The number of carbonyl (C=O) groups is 2. The van der Waals surface area contributed by atoms with Crippen molar-refractivity contribution in [1.82, 2.24) is 19.6 Å². The molecule has 1 saturated heterocycles. The minimum absolute atomic E-state index is 0.00646. The molecule has 0 spiro atoms. The average Bonchev–Trinajstić information content (AvgIpc) is 3.08. The van der Waals surface area contributed by atoms with Crippen LogP contribution in [-0.2, 0) is 20.9 Å². The molecule has 0 aromatic carbocycles. The van der Waals surface area contributed by atoms with Crippen molar-refractivity contribution < 1.29 is 23.1 Å². The van der Waals surface area contributed by atoms with Gasteiger partial charge in [0.15, 0.2) is 0 Å². The van der Waals surface area contributed by atoms with E-state index in [0.29, 0.717) is 19.7 Å². The number of amides is 2. The number of carbonyl (C=O) groups excluding carboxylic acids is 2. The summed E-state index contributed by atoms with van der Waals surface area (Å²) in [7, 11) is 0. The maximum atomic E-state index is 13.3. The second-order valence-corrected chi connectivity index (χ2v) is 6.77. The molecule has 0 unspecified atom stereocenters. The van der Waals surface area contributed by atoms with Crippen molar-refractivity contribution in [2.75, 3.05) is 32.8 Å². The minimum atomic E-state index is -2.68. The maximum Gasteiger partial charge on any atom is 0.251 e. The molecule has 2 amide bonds. The van der Waals surface area contributed by atoms with Crippen LogP contribution in [0.25, 0.3) is 0 Å². The number of aromatic nitrogens is 2. The van der Waals surface area contributed by atoms with Crippen LogP contribution in [0.15, 0.2) is 12.3 Å². The molecule has 26 heavy (non-hydrogen) atoms. The van der Waals surface area contributed by atoms with Gasteiger partial charge in [-0.3, -0.25) is 14.3 Å². The van der Waals surface area contributed by atoms with E-state index in [-0.39, 0.29) is 56.8 Å². The van der Waals surface area contributed by atoms with Crippen molar-refractivity contribution in [3.05, 3.63) is 18.0 Å². The Morgan fingerprint density at radius 2 is 2.00 bits per heavy atom. The lowest BCUT2D eigenvalue weighted by molar-refractivity contribution is -0.142. The Bertz CT molecular complexity index is 654. The first kappa shape index (κ1) is 18.8. The largest absolute Gasteiger partial charge is 0.372 e. The molecule has 0 saturated carbocycles. The second kappa shape index (κ2) is 7.69. The van der Waals surface area contributed by atoms with Gasteiger partial charge in [-0.15, -0.1) is 0 Å². The minimum Gasteiger partial charge on any atom is -0.372 e. The van der Waals surface area contributed by atoms with Crippen molar-refractivity contribution >= 4 is 11.8 Å². The molecule has 3 heterocycles. The van der Waals surface area contributed by atoms with E-state index in [1.807, 2.05) is 13.0 Å². The predicted octanol–water partition coefficient (Wildman–Crippen LogP) is 1.45. The maximum absolute atomic E-state index is 13.3. The fourth-order valence-corrected chi connectivity index (χ4v) is 3.42. The number of ether oxygens (including phenoxy) is 1. The van der Waals surface area contributed by atoms with Gasteiger partial charge in [0.25, 0.3) is 5.92 Å². The van der Waals surface area contributed by atoms with E-state index in [9.17, 15) is 18.4 Å². The van der Waals surface area contributed by atoms with Crippen molar-refractivity contribution in [1.29, 1.82) is 0 Å². The molecule has 9 heteroatoms. The van der Waals surface area contributed by atoms with Crippen molar-refractivity contribution in [3.63, 3.8) is 0 Å². The highest BCUT2D eigenvalue weighted by atomic mass is 19.3. The van der Waals surface area contributed by atoms with Gasteiger partial charge in [-0.05, 0) is 13.0 Å². The van der Waals surface area contributed by atoms with Crippen LogP contribution in [0.5, 0.6) is 0 Å². The molecule has 1 aromatic rings. The monoisotopic (exact) mass is 370 g/mol. The van der Waals surface area contributed by atoms with Crippen LogP contribution in [-0.4, -0.2) is 70.2 Å². The first-order chi connectivity index (χ1) is 12.4. The molecule has 1 fully saturated rings. The number of hydrogen-bond donors (Lipinski definition) is 0. The summed E-state index contributed by atoms with van der Waals surface area (Å²) in [4.78, 5) is 28.0. The Labute approximate surface area is 150 Å². The number of fused-ring (bicyclic) bond motifs is 1. The van der Waals surface area contributed by atoms with E-state index < -0.39 is 5.92 Å². The molecule has 3 rings (SSSR count). The topological polar surface area (TPSA) is 67.7 Å². The predicted molar refractivity (Wildman–Crippen MR) is 88.6 cm³/mol. The Kier molecular flexibility index (Phi) is 5.55. The molecular formula is C17H24F2N4O3. The zero-order valence-corrected chi connectivity index (χ0v) is 14.9. The zero-order chi connectivity index (χ0) is 18.7. The Morgan fingerprint density at radius 3 is 2.69 bits per heavy atom. The van der Waals surface area contributed by atoms with E-state index in [2.05, 4.69) is 5.10 Å². The average molecular weight is 370 g/mol. The van der Waals surface area contributed by atoms with Crippen LogP contribution in [0.2, 0.25) is 0 Å². The molecule has 0 N–H and O–H groups in total. The number of piperidine rings is 1. The number of halogens is 2. The highest BCUT2D eigenvalue weighted by Crippen LogP contribution is 2.29. The highest BCUT2D eigenvalue weighted by Gasteiger charge is 2.37. The number of hydrogen-bond acceptors (Lipinski definition) is 4. The summed E-state index contributed by atoms with van der Waals surface area (Å²) >= 11 is 0. The summed E-state index contributed by atoms with van der Waals surface area (Å²) in [6.45, 7) is 3.20. The number of rotatable bonds is 5. The Hall–Kier alpha value is -2.03. The van der Waals surface area contributed by atoms with Crippen LogP contribution in [0.1, 0.15) is 37.9 Å². The summed E-state index contributed by atoms with van der Waals surface area (Å²) in [5.74, 6) is -2.99. The van der Waals surface area contributed by atoms with Crippen LogP contribution in [0, 0.1) is 0 Å². The molecule has 144 valence electrons. The standard InChI is InChI=1S/C17H24F2N4O3/c1-2-26-12-16(25)22-10-13-3-6-20-23(13)14(11-22)9-15(24)21-7-4-17(18,19)5-8-21/h3,6,14H,2,4-5,7-12H2,1H3/t14-/m1/s1. The van der Waals surface area contributed by atoms with Crippen molar-refractivity contribution in [2.24, 2.45) is 0 Å². The fourth-order valence-electron chi connectivity index (χ4n) is 3.42. The fraction of sp³-hybridized carbons (Fsp3) is 0.706. The number of nitrogens with zero attached hydrogens (tertiary/aromatic N) is 4. The zero-order valence-electron chi connectivity index (χ0n) is 14.9. The van der Waals surface area contributed by atoms with Gasteiger partial charge in [0, 0.05) is 45.3 Å². The van der Waals surface area contributed by atoms with E-state index in [1.165, 1.54) is 4.90 Å². The summed E-state index contributed by atoms with van der Waals surface area (Å²) in [6, 6.07) is 1.52. The van der Waals surface area contributed by atoms with Gasteiger partial charge >= 0.3 is 0 Å². The lowest BCUT2D eigenvalue weighted by Gasteiger charge is -2.36. The summed E-state index contributed by atoms with van der Waals surface area (Å²) in [6.07, 6.45) is 1.19. The van der Waals surface area contributed by atoms with E-state index in [0.717, 1.165) is 5.69 Å². The lowest BCUT2D eigenvalue weighted by atomic mass is 10.0. The van der Waals surface area contributed by atoms with Gasteiger partial charge < -0.3 is 14.5 Å². The molecule has 1 aromatic heterocycles. The van der Waals surface area contributed by atoms with Gasteiger partial charge in [-0.25, -0.2) is 8.78 Å². The van der Waals surface area contributed by atoms with Gasteiger partial charge in [0.05, 0.1) is 24.7 Å². The van der Waals surface area contributed by atoms with Crippen molar-refractivity contribution in [3.8, 4) is 0 Å². The molecule has 2 aliphatic heterocycles. The quantitative estimate of drug-likeness (QED) is 0.787. The molecule has 7 nitrogen and oxygen atoms in total. The van der Waals surface area contributed by atoms with Crippen LogP contribution >= 0.6 is 0 Å². The number of likely N-dealkylation sites (tertiary alicyclic amines) is 1. The van der Waals surface area contributed by atoms with Crippen LogP contribution < -0.4 is 0 Å². The third kappa shape index (κ3) is 4.20. The normalized spacial score (nSPS) is 22.2. The van der Waals surface area contributed by atoms with Gasteiger partial charge in [-0.1, -0.05) is 0 Å². The van der Waals surface area contributed by atoms with E-state index in [4.69, 9.17) is 4.74 Å². The van der Waals surface area contributed by atoms with Crippen LogP contribution in [0.4, 0.5) is 8.78 Å². The first-order valence-corrected chi connectivity index (χ1v) is 8.93. The van der Waals surface area contributed by atoms with Gasteiger partial charge in [-0.2, -0.15) is 5.10 Å². The molecular weight excluding hydrogens is 346 g/mol. The summed E-state index contributed by atoms with van der Waals surface area (Å²) in [5.41, 5.74) is 0.851. The Balaban J connectivity index is 1.65. The smallest absolute Gasteiger partial charge is 0.251 e. The van der Waals surface area contributed by atoms with E-state index >= 15 is 0 Å². The third-order valence-electron chi connectivity index (χ3n) is 4.92. The first-order valence-electron chi connectivity index (χ1n) is 8.93. The van der Waals surface area contributed by atoms with Gasteiger partial charge in [0.2, 0.25) is 11.8 Å². The highest BCUT2D eigenvalue weighted by molar-refractivity contribution is 5.79. The second-order valence-electron chi connectivity index (χ2n) is 6.77. The third-order valence-corrected chi connectivity index (χ3v) is 4.92. The summed E-state index contributed by atoms with van der Waals surface area (Å²) in [5, 5.41) is 4.27. The Morgan fingerprint density at radius 1 is 1.27 bits per heavy atom. The molecule has 1 atom stereocenters. The molecule has 2 aliphatic rings. The molecule has 0 radical (unpaired) electrons. The lowest BCUT2D eigenvalue weighted by Crippen LogP contribution is -2.46. The summed E-state index contributed by atoms with van der Waals surface area (Å²) < 4.78 is 33.5. The molecule has 0 bridgehead atoms. The van der Waals surface area contributed by atoms with Gasteiger partial charge in [0.1, 0.15) is 6.61 Å². The number of alkyl halides is 2. The van der Waals surface area contributed by atoms with Crippen LogP contribution in [0.3, 0.4) is 0 Å². The SMILES string of the molecule is CCOCC(=O)N1Cc2ccnn2[C@H](CC(=O)N2CCC(F)(F)CC2)C1. The molecule has 0 aliphatic carbocycles.